The highest BCUT2D eigenvalue weighted by Crippen LogP contribution is 2.24. The summed E-state index contributed by atoms with van der Waals surface area (Å²) in [5, 5.41) is 8.25. The molecule has 3 aromatic carbocycles. The molecule has 1 fully saturated rings. The first-order valence-corrected chi connectivity index (χ1v) is 12.4. The molecule has 176 valence electrons. The number of amides is 3. The fourth-order valence-electron chi connectivity index (χ4n) is 3.73. The molecule has 3 N–H and O–H groups in total. The van der Waals surface area contributed by atoms with Gasteiger partial charge in [-0.25, -0.2) is 13.2 Å². The van der Waals surface area contributed by atoms with E-state index < -0.39 is 15.9 Å². The van der Waals surface area contributed by atoms with Crippen LogP contribution in [0, 0.1) is 6.92 Å². The van der Waals surface area contributed by atoms with Gasteiger partial charge in [0.05, 0.1) is 4.90 Å². The molecule has 0 unspecified atom stereocenters. The molecule has 0 aromatic heterocycles. The smallest absolute Gasteiger partial charge is 0.322 e. The number of para-hydroxylation sites is 1. The second-order valence-corrected chi connectivity index (χ2v) is 10.0. The SMILES string of the molecule is Cc1ccc(S(=O)(=O)N2CCCC2)cc1C(=O)Nc1ccc(NC(=O)Nc2ccccc2)cc1. The van der Waals surface area contributed by atoms with Crippen LogP contribution in [0.1, 0.15) is 28.8 Å². The highest BCUT2D eigenvalue weighted by Gasteiger charge is 2.28. The zero-order valence-corrected chi connectivity index (χ0v) is 19.6. The van der Waals surface area contributed by atoms with E-state index in [2.05, 4.69) is 16.0 Å². The van der Waals surface area contributed by atoms with Gasteiger partial charge in [-0.1, -0.05) is 24.3 Å². The summed E-state index contributed by atoms with van der Waals surface area (Å²) in [5.74, 6) is -0.404. The Bertz CT molecular complexity index is 1290. The van der Waals surface area contributed by atoms with Crippen molar-refractivity contribution in [3.63, 3.8) is 0 Å². The molecule has 1 aliphatic rings. The number of urea groups is 1. The molecule has 0 aliphatic carbocycles. The Morgan fingerprint density at radius 1 is 0.765 bits per heavy atom. The van der Waals surface area contributed by atoms with Gasteiger partial charge >= 0.3 is 6.03 Å². The van der Waals surface area contributed by atoms with Crippen LogP contribution in [0.25, 0.3) is 0 Å². The van der Waals surface area contributed by atoms with E-state index in [1.807, 2.05) is 18.2 Å². The monoisotopic (exact) mass is 478 g/mol. The maximum absolute atomic E-state index is 12.9. The van der Waals surface area contributed by atoms with Crippen molar-refractivity contribution in [1.29, 1.82) is 0 Å². The summed E-state index contributed by atoms with van der Waals surface area (Å²) in [6.45, 7) is 2.77. The molecular formula is C25H26N4O4S. The molecule has 1 saturated heterocycles. The number of rotatable bonds is 6. The third-order valence-electron chi connectivity index (χ3n) is 5.59. The summed E-state index contributed by atoms with van der Waals surface area (Å²) in [5.41, 5.74) is 2.72. The first-order chi connectivity index (χ1) is 16.3. The Kier molecular flexibility index (Phi) is 6.95. The Labute approximate surface area is 199 Å². The topological polar surface area (TPSA) is 108 Å². The summed E-state index contributed by atoms with van der Waals surface area (Å²) in [4.78, 5) is 25.2. The lowest BCUT2D eigenvalue weighted by molar-refractivity contribution is 0.102. The lowest BCUT2D eigenvalue weighted by Gasteiger charge is -2.17. The van der Waals surface area contributed by atoms with Crippen molar-refractivity contribution in [3.8, 4) is 0 Å². The van der Waals surface area contributed by atoms with Gasteiger partial charge in [0.2, 0.25) is 10.0 Å². The fourth-order valence-corrected chi connectivity index (χ4v) is 5.28. The van der Waals surface area contributed by atoms with Crippen LogP contribution in [0.15, 0.2) is 77.7 Å². The first kappa shape index (κ1) is 23.5. The summed E-state index contributed by atoms with van der Waals surface area (Å²) >= 11 is 0. The zero-order chi connectivity index (χ0) is 24.1. The molecule has 3 amide bonds. The third-order valence-corrected chi connectivity index (χ3v) is 7.48. The molecular weight excluding hydrogens is 452 g/mol. The maximum Gasteiger partial charge on any atom is 0.323 e. The van der Waals surface area contributed by atoms with E-state index in [-0.39, 0.29) is 10.9 Å². The van der Waals surface area contributed by atoms with Crippen molar-refractivity contribution in [1.82, 2.24) is 4.31 Å². The second kappa shape index (κ2) is 10.1. The highest BCUT2D eigenvalue weighted by atomic mass is 32.2. The molecule has 0 spiro atoms. The number of nitrogens with one attached hydrogen (secondary N) is 3. The van der Waals surface area contributed by atoms with Crippen molar-refractivity contribution >= 4 is 39.0 Å². The van der Waals surface area contributed by atoms with Crippen LogP contribution in [0.5, 0.6) is 0 Å². The lowest BCUT2D eigenvalue weighted by Crippen LogP contribution is -2.28. The van der Waals surface area contributed by atoms with Gasteiger partial charge in [0.25, 0.3) is 5.91 Å². The van der Waals surface area contributed by atoms with Gasteiger partial charge in [-0.2, -0.15) is 4.31 Å². The largest absolute Gasteiger partial charge is 0.323 e. The number of hydrogen-bond donors (Lipinski definition) is 3. The normalized spacial score (nSPS) is 13.9. The van der Waals surface area contributed by atoms with E-state index >= 15 is 0 Å². The van der Waals surface area contributed by atoms with Crippen molar-refractivity contribution < 1.29 is 18.0 Å². The molecule has 8 nitrogen and oxygen atoms in total. The Balaban J connectivity index is 1.42. The average Bonchev–Trinajstić information content (AvgIpc) is 3.37. The molecule has 1 heterocycles. The molecule has 1 aliphatic heterocycles. The van der Waals surface area contributed by atoms with Crippen LogP contribution in [-0.4, -0.2) is 37.8 Å². The summed E-state index contributed by atoms with van der Waals surface area (Å²) in [7, 11) is -3.62. The van der Waals surface area contributed by atoms with Gasteiger partial charge in [-0.3, -0.25) is 4.79 Å². The van der Waals surface area contributed by atoms with E-state index in [1.165, 1.54) is 10.4 Å². The zero-order valence-electron chi connectivity index (χ0n) is 18.7. The minimum atomic E-state index is -3.62. The quantitative estimate of drug-likeness (QED) is 0.478. The number of nitrogens with zero attached hydrogens (tertiary/aromatic N) is 1. The molecule has 0 radical (unpaired) electrons. The van der Waals surface area contributed by atoms with E-state index in [0.29, 0.717) is 41.3 Å². The van der Waals surface area contributed by atoms with Crippen molar-refractivity contribution in [2.75, 3.05) is 29.0 Å². The molecule has 3 aromatic rings. The number of anilines is 3. The summed E-state index contributed by atoms with van der Waals surface area (Å²) in [6.07, 6.45) is 1.69. The van der Waals surface area contributed by atoms with Gasteiger partial charge in [0.1, 0.15) is 0 Å². The summed E-state index contributed by atoms with van der Waals surface area (Å²) < 4.78 is 27.2. The van der Waals surface area contributed by atoms with Crippen molar-refractivity contribution in [3.05, 3.63) is 83.9 Å². The van der Waals surface area contributed by atoms with Gasteiger partial charge in [-0.15, -0.1) is 0 Å². The van der Waals surface area contributed by atoms with E-state index in [0.717, 1.165) is 12.8 Å². The fraction of sp³-hybridized carbons (Fsp3) is 0.200. The van der Waals surface area contributed by atoms with Crippen molar-refractivity contribution in [2.45, 2.75) is 24.7 Å². The Hall–Kier alpha value is -3.69. The van der Waals surface area contributed by atoms with Gasteiger partial charge in [-0.05, 0) is 73.9 Å². The number of aryl methyl sites for hydroxylation is 1. The maximum atomic E-state index is 12.9. The highest BCUT2D eigenvalue weighted by molar-refractivity contribution is 7.89. The van der Waals surface area contributed by atoms with Crippen LogP contribution in [0.3, 0.4) is 0 Å². The third kappa shape index (κ3) is 5.44. The molecule has 9 heteroatoms. The number of carbonyl (C=O) groups excluding carboxylic acids is 2. The molecule has 34 heavy (non-hydrogen) atoms. The van der Waals surface area contributed by atoms with Gasteiger partial charge in [0, 0.05) is 35.7 Å². The van der Waals surface area contributed by atoms with Crippen LogP contribution in [-0.2, 0) is 10.0 Å². The minimum Gasteiger partial charge on any atom is -0.322 e. The van der Waals surface area contributed by atoms with E-state index in [1.54, 1.807) is 55.5 Å². The van der Waals surface area contributed by atoms with Crippen LogP contribution >= 0.6 is 0 Å². The van der Waals surface area contributed by atoms with Crippen molar-refractivity contribution in [2.24, 2.45) is 0 Å². The number of sulfonamides is 1. The Morgan fingerprint density at radius 3 is 1.94 bits per heavy atom. The number of hydrogen-bond acceptors (Lipinski definition) is 4. The van der Waals surface area contributed by atoms with Gasteiger partial charge < -0.3 is 16.0 Å². The van der Waals surface area contributed by atoms with Crippen LogP contribution in [0.2, 0.25) is 0 Å². The molecule has 0 atom stereocenters. The lowest BCUT2D eigenvalue weighted by atomic mass is 10.1. The van der Waals surface area contributed by atoms with Gasteiger partial charge in [0.15, 0.2) is 0 Å². The summed E-state index contributed by atoms with van der Waals surface area (Å²) in [6, 6.07) is 20.0. The molecule has 0 saturated carbocycles. The van der Waals surface area contributed by atoms with Crippen LogP contribution in [0.4, 0.5) is 21.9 Å². The minimum absolute atomic E-state index is 0.120. The molecule has 0 bridgehead atoms. The predicted molar refractivity (Wildman–Crippen MR) is 133 cm³/mol. The first-order valence-electron chi connectivity index (χ1n) is 11.0. The Morgan fingerprint density at radius 2 is 1.32 bits per heavy atom. The standard InChI is InChI=1S/C25H26N4O4S/c1-18-9-14-22(34(32,33)29-15-5-6-16-29)17-23(18)24(30)26-20-10-12-21(13-11-20)28-25(31)27-19-7-3-2-4-8-19/h2-4,7-14,17H,5-6,15-16H2,1H3,(H,26,30)(H2,27,28,31). The molecule has 4 rings (SSSR count). The predicted octanol–water partition coefficient (Wildman–Crippen LogP) is 4.68. The number of carbonyl (C=O) groups is 2. The van der Waals surface area contributed by atoms with E-state index in [4.69, 9.17) is 0 Å². The average molecular weight is 479 g/mol. The number of benzene rings is 3. The second-order valence-electron chi connectivity index (χ2n) is 8.06. The van der Waals surface area contributed by atoms with E-state index in [9.17, 15) is 18.0 Å². The van der Waals surface area contributed by atoms with Crippen LogP contribution < -0.4 is 16.0 Å².